The molecule has 0 fully saturated rings. The van der Waals surface area contributed by atoms with Gasteiger partial charge in [0.15, 0.2) is 5.13 Å². The lowest BCUT2D eigenvalue weighted by Gasteiger charge is -2.22. The van der Waals surface area contributed by atoms with E-state index in [1.165, 1.54) is 23.1 Å². The van der Waals surface area contributed by atoms with Gasteiger partial charge in [-0.05, 0) is 56.6 Å². The lowest BCUT2D eigenvalue weighted by atomic mass is 10.1. The molecule has 0 aliphatic carbocycles. The van der Waals surface area contributed by atoms with Gasteiger partial charge in [-0.15, -0.1) is 12.4 Å². The summed E-state index contributed by atoms with van der Waals surface area (Å²) >= 11 is 1.16. The topological polar surface area (TPSA) is 36.4 Å². The molecular weight excluding hydrogens is 430 g/mol. The van der Waals surface area contributed by atoms with Crippen molar-refractivity contribution in [2.45, 2.75) is 6.18 Å². The van der Waals surface area contributed by atoms with Crippen molar-refractivity contribution in [2.24, 2.45) is 0 Å². The largest absolute Gasteiger partial charge is 0.416 e. The normalized spacial score (nSPS) is 11.6. The molecule has 2 aromatic carbocycles. The predicted molar refractivity (Wildman–Crippen MR) is 109 cm³/mol. The highest BCUT2D eigenvalue weighted by Gasteiger charge is 2.30. The minimum absolute atomic E-state index is 0. The smallest absolute Gasteiger partial charge is 0.308 e. The number of carbonyl (C=O) groups is 1. The molecule has 0 radical (unpaired) electrons. The second-order valence-electron chi connectivity index (χ2n) is 6.44. The van der Waals surface area contributed by atoms with Crippen LogP contribution >= 0.6 is 23.7 Å². The van der Waals surface area contributed by atoms with Gasteiger partial charge < -0.3 is 4.90 Å². The van der Waals surface area contributed by atoms with Crippen LogP contribution in [0.1, 0.15) is 15.9 Å². The number of amides is 1. The van der Waals surface area contributed by atoms with Crippen molar-refractivity contribution < 1.29 is 22.4 Å². The summed E-state index contributed by atoms with van der Waals surface area (Å²) in [4.78, 5) is 20.7. The van der Waals surface area contributed by atoms with E-state index in [0.29, 0.717) is 21.9 Å². The van der Waals surface area contributed by atoms with Crippen molar-refractivity contribution in [2.75, 3.05) is 32.1 Å². The number of hydrogen-bond donors (Lipinski definition) is 0. The van der Waals surface area contributed by atoms with Crippen molar-refractivity contribution in [3.63, 3.8) is 0 Å². The van der Waals surface area contributed by atoms with Crippen molar-refractivity contribution in [3.05, 3.63) is 59.4 Å². The molecule has 1 aromatic heterocycles. The number of nitrogens with zero attached hydrogens (tertiary/aromatic N) is 3. The number of rotatable bonds is 5. The Bertz CT molecular complexity index is 989. The van der Waals surface area contributed by atoms with E-state index in [0.717, 1.165) is 35.6 Å². The summed E-state index contributed by atoms with van der Waals surface area (Å²) in [5.74, 6) is -0.869. The van der Waals surface area contributed by atoms with Crippen LogP contribution in [0.15, 0.2) is 42.5 Å². The Balaban J connectivity index is 0.00000300. The summed E-state index contributed by atoms with van der Waals surface area (Å²) in [6.45, 7) is 0.811. The van der Waals surface area contributed by atoms with E-state index in [1.807, 2.05) is 19.0 Å². The van der Waals surface area contributed by atoms with Crippen LogP contribution in [-0.2, 0) is 6.18 Å². The highest BCUT2D eigenvalue weighted by atomic mass is 35.5. The summed E-state index contributed by atoms with van der Waals surface area (Å²) < 4.78 is 52.3. The minimum atomic E-state index is -4.47. The molecule has 0 aliphatic rings. The number of aromatic nitrogens is 1. The van der Waals surface area contributed by atoms with Crippen LogP contribution in [0, 0.1) is 5.82 Å². The molecule has 156 valence electrons. The Morgan fingerprint density at radius 2 is 1.72 bits per heavy atom. The van der Waals surface area contributed by atoms with Gasteiger partial charge >= 0.3 is 6.18 Å². The quantitative estimate of drug-likeness (QED) is 0.511. The first-order chi connectivity index (χ1) is 13.1. The van der Waals surface area contributed by atoms with E-state index in [2.05, 4.69) is 4.98 Å². The molecule has 0 spiro atoms. The maximum atomic E-state index is 13.5. The van der Waals surface area contributed by atoms with Crippen molar-refractivity contribution in [1.82, 2.24) is 9.88 Å². The monoisotopic (exact) mass is 447 g/mol. The van der Waals surface area contributed by atoms with Gasteiger partial charge in [-0.1, -0.05) is 11.3 Å². The average molecular weight is 448 g/mol. The number of hydrogen-bond acceptors (Lipinski definition) is 4. The maximum Gasteiger partial charge on any atom is 0.416 e. The average Bonchev–Trinajstić information content (AvgIpc) is 3.03. The summed E-state index contributed by atoms with van der Waals surface area (Å²) in [5.41, 5.74) is -0.145. The number of thiazole rings is 1. The van der Waals surface area contributed by atoms with Gasteiger partial charge in [0.1, 0.15) is 5.82 Å². The van der Waals surface area contributed by atoms with Gasteiger partial charge in [-0.2, -0.15) is 13.2 Å². The van der Waals surface area contributed by atoms with E-state index in [9.17, 15) is 22.4 Å². The van der Waals surface area contributed by atoms with E-state index in [-0.39, 0.29) is 24.5 Å². The van der Waals surface area contributed by atoms with E-state index in [4.69, 9.17) is 0 Å². The van der Waals surface area contributed by atoms with Crippen LogP contribution in [0.2, 0.25) is 0 Å². The highest BCUT2D eigenvalue weighted by Crippen LogP contribution is 2.32. The SMILES string of the molecule is CN(C)CCN(C(=O)c1ccc(C(F)(F)F)cc1)c1nc2ccc(F)cc2s1.Cl. The van der Waals surface area contributed by atoms with Gasteiger partial charge in [0.2, 0.25) is 0 Å². The fourth-order valence-corrected chi connectivity index (χ4v) is 3.56. The molecule has 0 unspecified atom stereocenters. The third-order valence-electron chi connectivity index (χ3n) is 4.05. The molecule has 0 aliphatic heterocycles. The van der Waals surface area contributed by atoms with Crippen LogP contribution in [0.4, 0.5) is 22.7 Å². The van der Waals surface area contributed by atoms with Crippen LogP contribution in [0.5, 0.6) is 0 Å². The van der Waals surface area contributed by atoms with Gasteiger partial charge in [0.05, 0.1) is 15.8 Å². The molecule has 0 saturated carbocycles. The fourth-order valence-electron chi connectivity index (χ4n) is 2.54. The molecule has 3 aromatic rings. The standard InChI is InChI=1S/C19H17F4N3OS.ClH/c1-25(2)9-10-26(18-24-15-8-7-14(20)11-16(15)28-18)17(27)12-3-5-13(6-4-12)19(21,22)23;/h3-8,11H,9-10H2,1-2H3;1H. The maximum absolute atomic E-state index is 13.5. The molecule has 0 atom stereocenters. The lowest BCUT2D eigenvalue weighted by Crippen LogP contribution is -2.36. The first-order valence-electron chi connectivity index (χ1n) is 8.35. The Hall–Kier alpha value is -2.23. The second kappa shape index (κ2) is 9.06. The van der Waals surface area contributed by atoms with Gasteiger partial charge in [0, 0.05) is 18.7 Å². The molecule has 1 heterocycles. The molecular formula is C19H18ClF4N3OS. The minimum Gasteiger partial charge on any atom is -0.308 e. The molecule has 0 saturated heterocycles. The van der Waals surface area contributed by atoms with Crippen molar-refractivity contribution in [1.29, 1.82) is 0 Å². The van der Waals surface area contributed by atoms with Crippen LogP contribution in [0.3, 0.4) is 0 Å². The molecule has 10 heteroatoms. The Labute approximate surface area is 175 Å². The highest BCUT2D eigenvalue weighted by molar-refractivity contribution is 7.22. The van der Waals surface area contributed by atoms with E-state index < -0.39 is 23.5 Å². The van der Waals surface area contributed by atoms with Gasteiger partial charge in [0.25, 0.3) is 5.91 Å². The number of anilines is 1. The Morgan fingerprint density at radius 3 is 2.31 bits per heavy atom. The predicted octanol–water partition coefficient (Wildman–Crippen LogP) is 5.08. The Morgan fingerprint density at radius 1 is 1.07 bits per heavy atom. The van der Waals surface area contributed by atoms with Crippen molar-refractivity contribution in [3.8, 4) is 0 Å². The first-order valence-corrected chi connectivity index (χ1v) is 9.17. The number of halogens is 5. The third-order valence-corrected chi connectivity index (χ3v) is 5.09. The number of benzene rings is 2. The summed E-state index contributed by atoms with van der Waals surface area (Å²) in [7, 11) is 3.68. The summed E-state index contributed by atoms with van der Waals surface area (Å²) in [5, 5.41) is 0.368. The zero-order chi connectivity index (χ0) is 20.5. The van der Waals surface area contributed by atoms with Gasteiger partial charge in [-0.3, -0.25) is 9.69 Å². The first kappa shape index (κ1) is 23.1. The molecule has 0 N–H and O–H groups in total. The Kier molecular flexibility index (Phi) is 7.20. The number of carbonyl (C=O) groups excluding carboxylic acids is 1. The van der Waals surface area contributed by atoms with Crippen molar-refractivity contribution >= 4 is 45.0 Å². The van der Waals surface area contributed by atoms with Crippen LogP contribution in [0.25, 0.3) is 10.2 Å². The second-order valence-corrected chi connectivity index (χ2v) is 7.45. The summed E-state index contributed by atoms with van der Waals surface area (Å²) in [6, 6.07) is 8.21. The zero-order valence-electron chi connectivity index (χ0n) is 15.5. The lowest BCUT2D eigenvalue weighted by molar-refractivity contribution is -0.137. The van der Waals surface area contributed by atoms with E-state index >= 15 is 0 Å². The number of fused-ring (bicyclic) bond motifs is 1. The number of alkyl halides is 3. The zero-order valence-corrected chi connectivity index (χ0v) is 17.2. The molecule has 0 bridgehead atoms. The fraction of sp³-hybridized carbons (Fsp3) is 0.263. The van der Waals surface area contributed by atoms with Crippen LogP contribution in [-0.4, -0.2) is 43.0 Å². The third kappa shape index (κ3) is 5.43. The molecule has 3 rings (SSSR count). The van der Waals surface area contributed by atoms with E-state index in [1.54, 1.807) is 0 Å². The number of likely N-dealkylation sites (N-methyl/N-ethyl adjacent to an activating group) is 1. The van der Waals surface area contributed by atoms with Crippen LogP contribution < -0.4 is 4.90 Å². The molecule has 4 nitrogen and oxygen atoms in total. The summed E-state index contributed by atoms with van der Waals surface area (Å²) in [6.07, 6.45) is -4.47. The molecule has 1 amide bonds. The molecule has 29 heavy (non-hydrogen) atoms. The van der Waals surface area contributed by atoms with Gasteiger partial charge in [-0.25, -0.2) is 9.37 Å².